The molecule has 0 saturated carbocycles. The lowest BCUT2D eigenvalue weighted by molar-refractivity contribution is 0.0993. The zero-order valence-corrected chi connectivity index (χ0v) is 16.8. The average molecular weight is 394 g/mol. The lowest BCUT2D eigenvalue weighted by Crippen LogP contribution is -2.26. The van der Waals surface area contributed by atoms with E-state index >= 15 is 0 Å². The van der Waals surface area contributed by atoms with E-state index in [4.69, 9.17) is 0 Å². The third kappa shape index (κ3) is 4.07. The number of para-hydroxylation sites is 2. The van der Waals surface area contributed by atoms with Crippen molar-refractivity contribution in [3.05, 3.63) is 89.5 Å². The van der Waals surface area contributed by atoms with Gasteiger partial charge in [-0.2, -0.15) is 0 Å². The number of anilines is 2. The summed E-state index contributed by atoms with van der Waals surface area (Å²) in [6.45, 7) is 3.71. The lowest BCUT2D eigenvalue weighted by atomic mass is 10.1. The van der Waals surface area contributed by atoms with Crippen LogP contribution in [0.15, 0.2) is 77.7 Å². The van der Waals surface area contributed by atoms with E-state index in [0.717, 1.165) is 16.8 Å². The summed E-state index contributed by atoms with van der Waals surface area (Å²) in [6, 6.07) is 20.8. The van der Waals surface area contributed by atoms with Crippen molar-refractivity contribution in [1.82, 2.24) is 0 Å². The number of rotatable bonds is 5. The molecule has 1 N–H and O–H groups in total. The number of sulfonamides is 1. The molecule has 3 aromatic carbocycles. The van der Waals surface area contributed by atoms with Crippen LogP contribution in [-0.4, -0.2) is 21.4 Å². The van der Waals surface area contributed by atoms with Gasteiger partial charge in [-0.05, 0) is 61.4 Å². The van der Waals surface area contributed by atoms with Crippen molar-refractivity contribution in [2.75, 3.05) is 16.7 Å². The van der Waals surface area contributed by atoms with Crippen molar-refractivity contribution in [2.45, 2.75) is 18.7 Å². The Morgan fingerprint density at radius 2 is 1.39 bits per heavy atom. The maximum absolute atomic E-state index is 12.7. The molecule has 0 bridgehead atoms. The van der Waals surface area contributed by atoms with Crippen molar-refractivity contribution in [3.8, 4) is 0 Å². The summed E-state index contributed by atoms with van der Waals surface area (Å²) in [5, 5.41) is 0. The number of carbonyl (C=O) groups excluding carboxylic acids is 1. The third-order valence-electron chi connectivity index (χ3n) is 4.58. The van der Waals surface area contributed by atoms with E-state index in [1.165, 1.54) is 29.2 Å². The first-order valence-corrected chi connectivity index (χ1v) is 10.3. The molecule has 6 heteroatoms. The number of hydrogen-bond donors (Lipinski definition) is 1. The molecule has 3 rings (SSSR count). The van der Waals surface area contributed by atoms with Crippen molar-refractivity contribution < 1.29 is 13.2 Å². The highest BCUT2D eigenvalue weighted by Gasteiger charge is 2.18. The molecule has 0 fully saturated rings. The van der Waals surface area contributed by atoms with E-state index in [0.29, 0.717) is 11.3 Å². The molecule has 0 aliphatic rings. The molecule has 3 aromatic rings. The first kappa shape index (κ1) is 19.6. The van der Waals surface area contributed by atoms with Crippen LogP contribution in [0.2, 0.25) is 0 Å². The zero-order chi connectivity index (χ0) is 20.3. The van der Waals surface area contributed by atoms with Gasteiger partial charge in [-0.15, -0.1) is 0 Å². The van der Waals surface area contributed by atoms with Gasteiger partial charge in [0.25, 0.3) is 15.9 Å². The quantitative estimate of drug-likeness (QED) is 0.698. The molecular weight excluding hydrogens is 372 g/mol. The SMILES string of the molecule is Cc1cccc(C)c1NS(=O)(=O)c1ccc(C(=O)N(C)c2ccccc2)cc1. The van der Waals surface area contributed by atoms with Crippen LogP contribution in [0.1, 0.15) is 21.5 Å². The summed E-state index contributed by atoms with van der Waals surface area (Å²) in [7, 11) is -2.06. The summed E-state index contributed by atoms with van der Waals surface area (Å²) in [5.74, 6) is -0.210. The summed E-state index contributed by atoms with van der Waals surface area (Å²) in [4.78, 5) is 14.3. The van der Waals surface area contributed by atoms with Gasteiger partial charge >= 0.3 is 0 Å². The molecule has 5 nitrogen and oxygen atoms in total. The normalized spacial score (nSPS) is 11.1. The van der Waals surface area contributed by atoms with Gasteiger partial charge in [-0.1, -0.05) is 36.4 Å². The van der Waals surface area contributed by atoms with Crippen LogP contribution in [0, 0.1) is 13.8 Å². The first-order chi connectivity index (χ1) is 13.3. The van der Waals surface area contributed by atoms with Crippen LogP contribution in [0.4, 0.5) is 11.4 Å². The van der Waals surface area contributed by atoms with Crippen LogP contribution in [0.5, 0.6) is 0 Å². The summed E-state index contributed by atoms with van der Waals surface area (Å²) in [5.41, 5.74) is 3.45. The summed E-state index contributed by atoms with van der Waals surface area (Å²) in [6.07, 6.45) is 0. The third-order valence-corrected chi connectivity index (χ3v) is 5.94. The van der Waals surface area contributed by atoms with E-state index in [2.05, 4.69) is 4.72 Å². The van der Waals surface area contributed by atoms with Gasteiger partial charge in [0.2, 0.25) is 0 Å². The molecule has 0 heterocycles. The molecule has 144 valence electrons. The van der Waals surface area contributed by atoms with E-state index in [-0.39, 0.29) is 10.8 Å². The monoisotopic (exact) mass is 394 g/mol. The number of benzene rings is 3. The Morgan fingerprint density at radius 3 is 1.96 bits per heavy atom. The van der Waals surface area contributed by atoms with Crippen LogP contribution in [0.3, 0.4) is 0 Å². The largest absolute Gasteiger partial charge is 0.311 e. The fourth-order valence-corrected chi connectivity index (χ4v) is 4.11. The van der Waals surface area contributed by atoms with Gasteiger partial charge in [0.15, 0.2) is 0 Å². The number of carbonyl (C=O) groups is 1. The predicted molar refractivity (Wildman–Crippen MR) is 112 cm³/mol. The van der Waals surface area contributed by atoms with Crippen LogP contribution < -0.4 is 9.62 Å². The van der Waals surface area contributed by atoms with Crippen LogP contribution >= 0.6 is 0 Å². The number of amides is 1. The van der Waals surface area contributed by atoms with Gasteiger partial charge in [0, 0.05) is 18.3 Å². The summed E-state index contributed by atoms with van der Waals surface area (Å²) < 4.78 is 28.1. The van der Waals surface area contributed by atoms with Crippen LogP contribution in [0.25, 0.3) is 0 Å². The highest BCUT2D eigenvalue weighted by molar-refractivity contribution is 7.92. The highest BCUT2D eigenvalue weighted by Crippen LogP contribution is 2.24. The minimum absolute atomic E-state index is 0.106. The van der Waals surface area contributed by atoms with E-state index in [1.54, 1.807) is 7.05 Å². The molecule has 0 saturated heterocycles. The number of nitrogens with zero attached hydrogens (tertiary/aromatic N) is 1. The molecule has 0 atom stereocenters. The fourth-order valence-electron chi connectivity index (χ4n) is 2.91. The van der Waals surface area contributed by atoms with Crippen molar-refractivity contribution in [1.29, 1.82) is 0 Å². The number of hydrogen-bond acceptors (Lipinski definition) is 3. The predicted octanol–water partition coefficient (Wildman–Crippen LogP) is 4.38. The minimum atomic E-state index is -3.75. The van der Waals surface area contributed by atoms with Gasteiger partial charge in [0.1, 0.15) is 0 Å². The molecule has 28 heavy (non-hydrogen) atoms. The Kier molecular flexibility index (Phi) is 5.51. The number of nitrogens with one attached hydrogen (secondary N) is 1. The van der Waals surface area contributed by atoms with Gasteiger partial charge in [0.05, 0.1) is 10.6 Å². The van der Waals surface area contributed by atoms with E-state index in [9.17, 15) is 13.2 Å². The molecular formula is C22H22N2O3S. The Balaban J connectivity index is 1.83. The standard InChI is InChI=1S/C22H22N2O3S/c1-16-8-7-9-17(2)21(16)23-28(26,27)20-14-12-18(13-15-20)22(25)24(3)19-10-5-4-6-11-19/h4-15,23H,1-3H3. The average Bonchev–Trinajstić information content (AvgIpc) is 2.70. The Bertz CT molecular complexity index is 1070. The molecule has 0 unspecified atom stereocenters. The maximum atomic E-state index is 12.7. The zero-order valence-electron chi connectivity index (χ0n) is 16.0. The molecule has 0 aliphatic carbocycles. The first-order valence-electron chi connectivity index (χ1n) is 8.82. The van der Waals surface area contributed by atoms with Crippen molar-refractivity contribution >= 4 is 27.3 Å². The fraction of sp³-hybridized carbons (Fsp3) is 0.136. The Labute approximate surface area is 165 Å². The lowest BCUT2D eigenvalue weighted by Gasteiger charge is -2.17. The van der Waals surface area contributed by atoms with Gasteiger partial charge < -0.3 is 4.90 Å². The molecule has 0 radical (unpaired) electrons. The maximum Gasteiger partial charge on any atom is 0.261 e. The number of aryl methyl sites for hydroxylation is 2. The highest BCUT2D eigenvalue weighted by atomic mass is 32.2. The van der Waals surface area contributed by atoms with E-state index in [1.807, 2.05) is 62.4 Å². The Hall–Kier alpha value is -3.12. The van der Waals surface area contributed by atoms with Crippen LogP contribution in [-0.2, 0) is 10.0 Å². The summed E-state index contributed by atoms with van der Waals surface area (Å²) >= 11 is 0. The second kappa shape index (κ2) is 7.86. The topological polar surface area (TPSA) is 66.5 Å². The van der Waals surface area contributed by atoms with Crippen molar-refractivity contribution in [2.24, 2.45) is 0 Å². The molecule has 0 aromatic heterocycles. The molecule has 0 aliphatic heterocycles. The van der Waals surface area contributed by atoms with Crippen molar-refractivity contribution in [3.63, 3.8) is 0 Å². The van der Waals surface area contributed by atoms with Gasteiger partial charge in [-0.3, -0.25) is 9.52 Å². The van der Waals surface area contributed by atoms with Gasteiger partial charge in [-0.25, -0.2) is 8.42 Å². The Morgan fingerprint density at radius 1 is 0.821 bits per heavy atom. The molecule has 0 spiro atoms. The minimum Gasteiger partial charge on any atom is -0.311 e. The second-order valence-corrected chi connectivity index (χ2v) is 8.28. The second-order valence-electron chi connectivity index (χ2n) is 6.60. The van der Waals surface area contributed by atoms with E-state index < -0.39 is 10.0 Å². The molecule has 1 amide bonds. The smallest absolute Gasteiger partial charge is 0.261 e.